The summed E-state index contributed by atoms with van der Waals surface area (Å²) in [5.74, 6) is 0.299. The molecule has 3 aromatic rings. The molecule has 0 bridgehead atoms. The molecule has 0 aliphatic heterocycles. The first kappa shape index (κ1) is 17.4. The normalized spacial score (nSPS) is 10.4. The molecular weight excluding hydrogens is 334 g/mol. The quantitative estimate of drug-likeness (QED) is 0.498. The topological polar surface area (TPSA) is 78.6 Å². The lowest BCUT2D eigenvalue weighted by Crippen LogP contribution is -2.15. The molecule has 26 heavy (non-hydrogen) atoms. The summed E-state index contributed by atoms with van der Waals surface area (Å²) >= 11 is 0. The van der Waals surface area contributed by atoms with Crippen molar-refractivity contribution in [3.63, 3.8) is 0 Å². The first-order chi connectivity index (χ1) is 12.6. The van der Waals surface area contributed by atoms with Gasteiger partial charge in [-0.15, -0.1) is 0 Å². The second-order valence-electron chi connectivity index (χ2n) is 5.52. The number of esters is 1. The predicted octanol–water partition coefficient (Wildman–Crippen LogP) is 3.70. The van der Waals surface area contributed by atoms with Crippen LogP contribution >= 0.6 is 0 Å². The molecule has 0 radical (unpaired) electrons. The van der Waals surface area contributed by atoms with Gasteiger partial charge in [0.1, 0.15) is 11.5 Å². The van der Waals surface area contributed by atoms with E-state index in [1.165, 1.54) is 0 Å². The van der Waals surface area contributed by atoms with Crippen LogP contribution in [0.1, 0.15) is 26.6 Å². The van der Waals surface area contributed by atoms with Crippen LogP contribution in [0.2, 0.25) is 0 Å². The third-order valence-corrected chi connectivity index (χ3v) is 3.76. The molecule has 0 spiro atoms. The van der Waals surface area contributed by atoms with Gasteiger partial charge in [0, 0.05) is 11.1 Å². The second-order valence-corrected chi connectivity index (χ2v) is 5.52. The Hall–Kier alpha value is -3.41. The average molecular weight is 351 g/mol. The molecule has 0 aliphatic carbocycles. The van der Waals surface area contributed by atoms with Gasteiger partial charge >= 0.3 is 5.97 Å². The molecule has 6 heteroatoms. The van der Waals surface area contributed by atoms with E-state index in [1.54, 1.807) is 38.3 Å². The zero-order valence-corrected chi connectivity index (χ0v) is 14.4. The Morgan fingerprint density at radius 2 is 1.73 bits per heavy atom. The smallest absolute Gasteiger partial charge is 0.361 e. The van der Waals surface area contributed by atoms with Crippen LogP contribution in [0.25, 0.3) is 11.5 Å². The molecule has 132 valence electrons. The van der Waals surface area contributed by atoms with E-state index in [9.17, 15) is 9.59 Å². The van der Waals surface area contributed by atoms with Crippen LogP contribution in [0, 0.1) is 6.92 Å². The van der Waals surface area contributed by atoms with Gasteiger partial charge in [-0.2, -0.15) is 0 Å². The minimum atomic E-state index is -0.699. The predicted molar refractivity (Wildman–Crippen MR) is 94.3 cm³/mol. The van der Waals surface area contributed by atoms with Crippen molar-refractivity contribution in [2.24, 2.45) is 0 Å². The van der Waals surface area contributed by atoms with Crippen molar-refractivity contribution in [1.82, 2.24) is 4.98 Å². The highest BCUT2D eigenvalue weighted by atomic mass is 16.5. The van der Waals surface area contributed by atoms with Gasteiger partial charge in [-0.3, -0.25) is 4.79 Å². The maximum atomic E-state index is 12.2. The van der Waals surface area contributed by atoms with Crippen molar-refractivity contribution in [2.45, 2.75) is 6.92 Å². The molecule has 0 fully saturated rings. The van der Waals surface area contributed by atoms with Gasteiger partial charge in [0.15, 0.2) is 18.1 Å². The molecule has 0 N–H and O–H groups in total. The standard InChI is InChI=1S/C20H17NO5/c1-13-18(21-19(26-13)15-6-4-3-5-7-15)20(23)25-12-17(22)14-8-10-16(24-2)11-9-14/h3-11H,12H2,1-2H3. The molecule has 0 saturated carbocycles. The van der Waals surface area contributed by atoms with Crippen molar-refractivity contribution in [3.8, 4) is 17.2 Å². The minimum Gasteiger partial charge on any atom is -0.497 e. The van der Waals surface area contributed by atoms with Crippen LogP contribution < -0.4 is 4.74 Å². The number of ether oxygens (including phenoxy) is 2. The first-order valence-electron chi connectivity index (χ1n) is 7.95. The van der Waals surface area contributed by atoms with Crippen molar-refractivity contribution >= 4 is 11.8 Å². The largest absolute Gasteiger partial charge is 0.497 e. The van der Waals surface area contributed by atoms with E-state index in [-0.39, 0.29) is 18.1 Å². The number of benzene rings is 2. The molecule has 0 atom stereocenters. The lowest BCUT2D eigenvalue weighted by Gasteiger charge is -2.04. The van der Waals surface area contributed by atoms with Crippen LogP contribution in [0.15, 0.2) is 59.0 Å². The fraction of sp³-hybridized carbons (Fsp3) is 0.150. The third-order valence-electron chi connectivity index (χ3n) is 3.76. The Bertz CT molecular complexity index is 913. The number of aromatic nitrogens is 1. The van der Waals surface area contributed by atoms with Crippen molar-refractivity contribution < 1.29 is 23.5 Å². The molecule has 1 heterocycles. The summed E-state index contributed by atoms with van der Waals surface area (Å²) in [6.45, 7) is 1.25. The molecule has 1 aromatic heterocycles. The summed E-state index contributed by atoms with van der Waals surface area (Å²) in [6, 6.07) is 15.8. The maximum absolute atomic E-state index is 12.2. The molecule has 0 aliphatic rings. The van der Waals surface area contributed by atoms with Crippen molar-refractivity contribution in [3.05, 3.63) is 71.6 Å². The Kier molecular flexibility index (Phi) is 5.12. The lowest BCUT2D eigenvalue weighted by molar-refractivity contribution is 0.0468. The Balaban J connectivity index is 1.66. The summed E-state index contributed by atoms with van der Waals surface area (Å²) in [7, 11) is 1.54. The number of oxazole rings is 1. The molecule has 0 amide bonds. The number of Topliss-reactive ketones (excluding diaryl/α,β-unsaturated/α-hetero) is 1. The number of methoxy groups -OCH3 is 1. The second kappa shape index (κ2) is 7.65. The van der Waals surface area contributed by atoms with Gasteiger partial charge in [0.2, 0.25) is 5.89 Å². The maximum Gasteiger partial charge on any atom is 0.361 e. The summed E-state index contributed by atoms with van der Waals surface area (Å²) in [4.78, 5) is 28.5. The first-order valence-corrected chi connectivity index (χ1v) is 7.95. The van der Waals surface area contributed by atoms with Crippen LogP contribution in [0.5, 0.6) is 5.75 Å². The van der Waals surface area contributed by atoms with Crippen LogP contribution in [-0.4, -0.2) is 30.5 Å². The highest BCUT2D eigenvalue weighted by Crippen LogP contribution is 2.22. The van der Waals surface area contributed by atoms with Gasteiger partial charge in [-0.25, -0.2) is 9.78 Å². The van der Waals surface area contributed by atoms with Crippen LogP contribution in [0.3, 0.4) is 0 Å². The van der Waals surface area contributed by atoms with Gasteiger partial charge in [-0.1, -0.05) is 18.2 Å². The number of rotatable bonds is 6. The number of hydrogen-bond acceptors (Lipinski definition) is 6. The van der Waals surface area contributed by atoms with Crippen molar-refractivity contribution in [1.29, 1.82) is 0 Å². The Morgan fingerprint density at radius 3 is 2.38 bits per heavy atom. The lowest BCUT2D eigenvalue weighted by atomic mass is 10.1. The minimum absolute atomic E-state index is 0.0615. The third kappa shape index (κ3) is 3.80. The summed E-state index contributed by atoms with van der Waals surface area (Å²) in [5.41, 5.74) is 1.25. The van der Waals surface area contributed by atoms with E-state index in [0.29, 0.717) is 23.0 Å². The van der Waals surface area contributed by atoms with E-state index in [2.05, 4.69) is 4.98 Å². The van der Waals surface area contributed by atoms with Gasteiger partial charge in [-0.05, 0) is 43.3 Å². The zero-order chi connectivity index (χ0) is 18.5. The highest BCUT2D eigenvalue weighted by Gasteiger charge is 2.20. The molecule has 3 rings (SSSR count). The summed E-state index contributed by atoms with van der Waals surface area (Å²) in [5, 5.41) is 0. The molecule has 0 unspecified atom stereocenters. The summed E-state index contributed by atoms with van der Waals surface area (Å²) in [6.07, 6.45) is 0. The molecule has 6 nitrogen and oxygen atoms in total. The van der Waals surface area contributed by atoms with E-state index in [1.807, 2.05) is 30.3 Å². The molecule has 0 saturated heterocycles. The van der Waals surface area contributed by atoms with E-state index in [4.69, 9.17) is 13.9 Å². The Morgan fingerprint density at radius 1 is 1.04 bits per heavy atom. The number of aryl methyl sites for hydroxylation is 1. The fourth-order valence-electron chi connectivity index (χ4n) is 2.35. The van der Waals surface area contributed by atoms with Gasteiger partial charge in [0.05, 0.1) is 7.11 Å². The number of carbonyl (C=O) groups excluding carboxylic acids is 2. The van der Waals surface area contributed by atoms with Crippen LogP contribution in [-0.2, 0) is 4.74 Å². The zero-order valence-electron chi connectivity index (χ0n) is 14.4. The Labute approximate surface area is 150 Å². The summed E-state index contributed by atoms with van der Waals surface area (Å²) < 4.78 is 15.7. The van der Waals surface area contributed by atoms with Crippen LogP contribution in [0.4, 0.5) is 0 Å². The van der Waals surface area contributed by atoms with Gasteiger partial charge in [0.25, 0.3) is 0 Å². The van der Waals surface area contributed by atoms with E-state index in [0.717, 1.165) is 5.56 Å². The molecule has 2 aromatic carbocycles. The number of hydrogen-bond donors (Lipinski definition) is 0. The SMILES string of the molecule is COc1ccc(C(=O)COC(=O)c2nc(-c3ccccc3)oc2C)cc1. The number of carbonyl (C=O) groups is 2. The van der Waals surface area contributed by atoms with E-state index < -0.39 is 5.97 Å². The fourth-order valence-corrected chi connectivity index (χ4v) is 2.35. The monoisotopic (exact) mass is 351 g/mol. The number of nitrogens with zero attached hydrogens (tertiary/aromatic N) is 1. The number of ketones is 1. The highest BCUT2D eigenvalue weighted by molar-refractivity contribution is 5.99. The van der Waals surface area contributed by atoms with Gasteiger partial charge < -0.3 is 13.9 Å². The average Bonchev–Trinajstić information content (AvgIpc) is 3.08. The van der Waals surface area contributed by atoms with Crippen molar-refractivity contribution in [2.75, 3.05) is 13.7 Å². The molecular formula is C20H17NO5. The van der Waals surface area contributed by atoms with E-state index >= 15 is 0 Å².